The van der Waals surface area contributed by atoms with E-state index in [1.54, 1.807) is 0 Å². The van der Waals surface area contributed by atoms with Gasteiger partial charge in [-0.25, -0.2) is 0 Å². The topological polar surface area (TPSA) is 58.4 Å². The molecule has 1 amide bonds. The molecule has 0 aromatic carbocycles. The van der Waals surface area contributed by atoms with E-state index in [1.807, 2.05) is 6.92 Å². The first kappa shape index (κ1) is 14.5. The molecule has 4 nitrogen and oxygen atoms in total. The third-order valence-electron chi connectivity index (χ3n) is 3.72. The van der Waals surface area contributed by atoms with Gasteiger partial charge in [-0.05, 0) is 38.6 Å². The first-order valence-corrected chi connectivity index (χ1v) is 6.83. The first-order chi connectivity index (χ1) is 8.10. The Hall–Kier alpha value is -0.610. The molecule has 3 atom stereocenters. The highest BCUT2D eigenvalue weighted by molar-refractivity contribution is 5.81. The van der Waals surface area contributed by atoms with Gasteiger partial charge in [-0.1, -0.05) is 13.8 Å². The smallest absolute Gasteiger partial charge is 0.237 e. The number of hydrogen-bond acceptors (Lipinski definition) is 3. The molecule has 1 aliphatic rings. The molecular weight excluding hydrogens is 214 g/mol. The number of carbonyl (C=O) groups is 1. The monoisotopic (exact) mass is 241 g/mol. The Bertz CT molecular complexity index is 245. The summed E-state index contributed by atoms with van der Waals surface area (Å²) in [5, 5.41) is 2.96. The van der Waals surface area contributed by atoms with Crippen LogP contribution in [0.15, 0.2) is 0 Å². The molecule has 1 rings (SSSR count). The molecule has 3 unspecified atom stereocenters. The Morgan fingerprint density at radius 2 is 2.29 bits per heavy atom. The van der Waals surface area contributed by atoms with Gasteiger partial charge in [0.1, 0.15) is 0 Å². The van der Waals surface area contributed by atoms with Gasteiger partial charge in [0.2, 0.25) is 5.91 Å². The van der Waals surface area contributed by atoms with Crippen molar-refractivity contribution in [3.05, 3.63) is 0 Å². The first-order valence-electron chi connectivity index (χ1n) is 6.83. The summed E-state index contributed by atoms with van der Waals surface area (Å²) in [6, 6.07) is 0.309. The van der Waals surface area contributed by atoms with E-state index in [-0.39, 0.29) is 11.9 Å². The fourth-order valence-electron chi connectivity index (χ4n) is 2.56. The second-order valence-electron chi connectivity index (χ2n) is 5.22. The van der Waals surface area contributed by atoms with Crippen molar-refractivity contribution in [3.8, 4) is 0 Å². The van der Waals surface area contributed by atoms with E-state index in [9.17, 15) is 4.79 Å². The maximum absolute atomic E-state index is 12.0. The molecule has 0 bridgehead atoms. The van der Waals surface area contributed by atoms with Crippen LogP contribution in [-0.4, -0.2) is 42.5 Å². The molecule has 0 saturated carbocycles. The standard InChI is InChI=1S/C13H27N3O/c1-4-6-15-13(17)11(3)16-7-5-10(2)8-12(16)9-14/h10-12H,4-9,14H2,1-3H3,(H,15,17). The van der Waals surface area contributed by atoms with Gasteiger partial charge in [0.05, 0.1) is 6.04 Å². The number of carbonyl (C=O) groups excluding carboxylic acids is 1. The molecule has 100 valence electrons. The third-order valence-corrected chi connectivity index (χ3v) is 3.72. The van der Waals surface area contributed by atoms with Gasteiger partial charge < -0.3 is 11.1 Å². The number of nitrogens with zero attached hydrogens (tertiary/aromatic N) is 1. The number of likely N-dealkylation sites (tertiary alicyclic amines) is 1. The Morgan fingerprint density at radius 1 is 1.59 bits per heavy atom. The second kappa shape index (κ2) is 6.97. The summed E-state index contributed by atoms with van der Waals surface area (Å²) in [4.78, 5) is 14.2. The highest BCUT2D eigenvalue weighted by Gasteiger charge is 2.31. The lowest BCUT2D eigenvalue weighted by Crippen LogP contribution is -2.55. The normalized spacial score (nSPS) is 27.8. The van der Waals surface area contributed by atoms with Crippen molar-refractivity contribution in [2.75, 3.05) is 19.6 Å². The zero-order chi connectivity index (χ0) is 12.8. The van der Waals surface area contributed by atoms with E-state index in [0.29, 0.717) is 12.6 Å². The largest absolute Gasteiger partial charge is 0.355 e. The number of nitrogens with two attached hydrogens (primary N) is 1. The Balaban J connectivity index is 2.54. The van der Waals surface area contributed by atoms with Crippen LogP contribution in [0, 0.1) is 5.92 Å². The molecule has 0 spiro atoms. The van der Waals surface area contributed by atoms with E-state index in [1.165, 1.54) is 6.42 Å². The lowest BCUT2D eigenvalue weighted by Gasteiger charge is -2.41. The van der Waals surface area contributed by atoms with Gasteiger partial charge in [-0.2, -0.15) is 0 Å². The summed E-state index contributed by atoms with van der Waals surface area (Å²) >= 11 is 0. The van der Waals surface area contributed by atoms with E-state index in [0.717, 1.165) is 31.8 Å². The lowest BCUT2D eigenvalue weighted by molar-refractivity contribution is -0.127. The second-order valence-corrected chi connectivity index (χ2v) is 5.22. The Labute approximate surface area is 105 Å². The lowest BCUT2D eigenvalue weighted by atomic mass is 9.91. The van der Waals surface area contributed by atoms with Gasteiger partial charge in [0, 0.05) is 19.1 Å². The maximum Gasteiger partial charge on any atom is 0.237 e. The van der Waals surface area contributed by atoms with Crippen LogP contribution in [-0.2, 0) is 4.79 Å². The van der Waals surface area contributed by atoms with Crippen LogP contribution in [0.25, 0.3) is 0 Å². The van der Waals surface area contributed by atoms with Crippen molar-refractivity contribution in [3.63, 3.8) is 0 Å². The van der Waals surface area contributed by atoms with Gasteiger partial charge >= 0.3 is 0 Å². The number of rotatable bonds is 5. The number of piperidine rings is 1. The minimum Gasteiger partial charge on any atom is -0.355 e. The zero-order valence-corrected chi connectivity index (χ0v) is 11.4. The summed E-state index contributed by atoms with van der Waals surface area (Å²) in [6.45, 7) is 8.72. The van der Waals surface area contributed by atoms with Crippen molar-refractivity contribution >= 4 is 5.91 Å². The Kier molecular flexibility index (Phi) is 5.92. The van der Waals surface area contributed by atoms with E-state index < -0.39 is 0 Å². The van der Waals surface area contributed by atoms with Crippen molar-refractivity contribution in [2.24, 2.45) is 11.7 Å². The fourth-order valence-corrected chi connectivity index (χ4v) is 2.56. The molecule has 0 aliphatic carbocycles. The van der Waals surface area contributed by atoms with Crippen LogP contribution in [0.1, 0.15) is 40.0 Å². The molecule has 1 heterocycles. The van der Waals surface area contributed by atoms with Crippen LogP contribution in [0.5, 0.6) is 0 Å². The molecule has 1 fully saturated rings. The summed E-state index contributed by atoms with van der Waals surface area (Å²) in [5.74, 6) is 0.866. The molecule has 3 N–H and O–H groups in total. The molecule has 0 aromatic rings. The minimum atomic E-state index is -0.0531. The number of amides is 1. The predicted molar refractivity (Wildman–Crippen MR) is 70.7 cm³/mol. The molecule has 17 heavy (non-hydrogen) atoms. The fraction of sp³-hybridized carbons (Fsp3) is 0.923. The molecule has 1 saturated heterocycles. The number of hydrogen-bond donors (Lipinski definition) is 2. The summed E-state index contributed by atoms with van der Waals surface area (Å²) in [6.07, 6.45) is 3.26. The van der Waals surface area contributed by atoms with Crippen molar-refractivity contribution in [1.29, 1.82) is 0 Å². The van der Waals surface area contributed by atoms with E-state index in [4.69, 9.17) is 5.73 Å². The van der Waals surface area contributed by atoms with Crippen LogP contribution in [0.2, 0.25) is 0 Å². The molecule has 4 heteroatoms. The van der Waals surface area contributed by atoms with Crippen LogP contribution >= 0.6 is 0 Å². The highest BCUT2D eigenvalue weighted by atomic mass is 16.2. The quantitative estimate of drug-likeness (QED) is 0.754. The maximum atomic E-state index is 12.0. The zero-order valence-electron chi connectivity index (χ0n) is 11.4. The van der Waals surface area contributed by atoms with Gasteiger partial charge in [0.15, 0.2) is 0 Å². The number of nitrogens with one attached hydrogen (secondary N) is 1. The molecular formula is C13H27N3O. The third kappa shape index (κ3) is 3.96. The minimum absolute atomic E-state index is 0.0531. The van der Waals surface area contributed by atoms with Crippen LogP contribution < -0.4 is 11.1 Å². The van der Waals surface area contributed by atoms with Gasteiger partial charge in [-0.15, -0.1) is 0 Å². The highest BCUT2D eigenvalue weighted by Crippen LogP contribution is 2.23. The summed E-state index contributed by atoms with van der Waals surface area (Å²) in [7, 11) is 0. The average Bonchev–Trinajstić information content (AvgIpc) is 2.34. The Morgan fingerprint density at radius 3 is 2.88 bits per heavy atom. The van der Waals surface area contributed by atoms with Crippen LogP contribution in [0.4, 0.5) is 0 Å². The van der Waals surface area contributed by atoms with E-state index >= 15 is 0 Å². The van der Waals surface area contributed by atoms with Gasteiger partial charge in [0.25, 0.3) is 0 Å². The average molecular weight is 241 g/mol. The van der Waals surface area contributed by atoms with Crippen molar-refractivity contribution in [2.45, 2.75) is 52.1 Å². The van der Waals surface area contributed by atoms with Crippen LogP contribution in [0.3, 0.4) is 0 Å². The van der Waals surface area contributed by atoms with Crippen molar-refractivity contribution in [1.82, 2.24) is 10.2 Å². The SMILES string of the molecule is CCCNC(=O)C(C)N1CCC(C)CC1CN. The molecule has 1 aliphatic heterocycles. The predicted octanol–water partition coefficient (Wildman–Crippen LogP) is 0.960. The molecule has 0 aromatic heterocycles. The summed E-state index contributed by atoms with van der Waals surface area (Å²) in [5.41, 5.74) is 5.82. The van der Waals surface area contributed by atoms with E-state index in [2.05, 4.69) is 24.1 Å². The molecule has 0 radical (unpaired) electrons. The summed E-state index contributed by atoms with van der Waals surface area (Å²) < 4.78 is 0. The van der Waals surface area contributed by atoms with Crippen molar-refractivity contribution < 1.29 is 4.79 Å². The van der Waals surface area contributed by atoms with Gasteiger partial charge in [-0.3, -0.25) is 9.69 Å².